The molecule has 0 atom stereocenters. The van der Waals surface area contributed by atoms with Crippen LogP contribution in [0, 0.1) is 0 Å². The molecule has 10 heteroatoms. The van der Waals surface area contributed by atoms with E-state index in [-0.39, 0.29) is 19.2 Å². The van der Waals surface area contributed by atoms with Crippen molar-refractivity contribution in [2.24, 2.45) is 0 Å². The lowest BCUT2D eigenvalue weighted by molar-refractivity contribution is -0.120. The number of carbonyl (C=O) groups excluding carboxylic acids is 1. The van der Waals surface area contributed by atoms with Crippen LogP contribution in [0.25, 0.3) is 0 Å². The second kappa shape index (κ2) is 12.0. The number of rotatable bonds is 10. The van der Waals surface area contributed by atoms with Crippen LogP contribution in [-0.2, 0) is 17.9 Å². The van der Waals surface area contributed by atoms with E-state index in [1.54, 1.807) is 21.3 Å². The third kappa shape index (κ3) is 6.04. The van der Waals surface area contributed by atoms with Crippen molar-refractivity contribution in [3.8, 4) is 28.7 Å². The largest absolute Gasteiger partial charge is 0.493 e. The number of fused-ring (bicyclic) bond motifs is 1. The van der Waals surface area contributed by atoms with Gasteiger partial charge in [-0.3, -0.25) is 4.79 Å². The number of hydrogen-bond donors (Lipinski definition) is 2. The SMILES string of the molecule is COc1cc(CN(C(=S)NCC(=O)NCc2ccc3c(c2)OCO3)C2CCCC2)cc(OC)c1OC. The maximum Gasteiger partial charge on any atom is 0.239 e. The van der Waals surface area contributed by atoms with Crippen LogP contribution in [0.3, 0.4) is 0 Å². The summed E-state index contributed by atoms with van der Waals surface area (Å²) in [5, 5.41) is 6.62. The Balaban J connectivity index is 1.37. The lowest BCUT2D eigenvalue weighted by atomic mass is 10.1. The first-order valence-electron chi connectivity index (χ1n) is 12.0. The normalized spacial score (nSPS) is 14.3. The molecule has 1 saturated carbocycles. The van der Waals surface area contributed by atoms with E-state index in [0.717, 1.165) is 42.6 Å². The molecule has 1 fully saturated rings. The highest BCUT2D eigenvalue weighted by molar-refractivity contribution is 7.80. The van der Waals surface area contributed by atoms with Gasteiger partial charge in [0.05, 0.1) is 27.9 Å². The van der Waals surface area contributed by atoms with Gasteiger partial charge in [0.1, 0.15) is 0 Å². The van der Waals surface area contributed by atoms with Crippen LogP contribution < -0.4 is 34.3 Å². The molecule has 1 aliphatic heterocycles. The highest BCUT2D eigenvalue weighted by atomic mass is 32.1. The third-order valence-electron chi connectivity index (χ3n) is 6.43. The Morgan fingerprint density at radius 3 is 2.33 bits per heavy atom. The number of benzene rings is 2. The number of amides is 1. The maximum atomic E-state index is 12.5. The molecular weight excluding hydrogens is 482 g/mol. The quantitative estimate of drug-likeness (QED) is 0.462. The van der Waals surface area contributed by atoms with Crippen molar-refractivity contribution in [3.05, 3.63) is 41.5 Å². The fraction of sp³-hybridized carbons (Fsp3) is 0.462. The van der Waals surface area contributed by atoms with E-state index in [1.807, 2.05) is 30.3 Å². The molecule has 0 aromatic heterocycles. The molecule has 0 saturated heterocycles. The summed E-state index contributed by atoms with van der Waals surface area (Å²) in [7, 11) is 4.79. The fourth-order valence-electron chi connectivity index (χ4n) is 4.58. The molecule has 2 aliphatic rings. The zero-order chi connectivity index (χ0) is 25.5. The molecule has 1 aliphatic carbocycles. The number of carbonyl (C=O) groups is 1. The van der Waals surface area contributed by atoms with Crippen molar-refractivity contribution in [1.82, 2.24) is 15.5 Å². The topological polar surface area (TPSA) is 90.5 Å². The Labute approximate surface area is 217 Å². The molecular formula is C26H33N3O6S. The van der Waals surface area contributed by atoms with Gasteiger partial charge in [-0.15, -0.1) is 0 Å². The van der Waals surface area contributed by atoms with E-state index in [4.69, 9.17) is 35.9 Å². The number of hydrogen-bond acceptors (Lipinski definition) is 7. The van der Waals surface area contributed by atoms with Crippen molar-refractivity contribution in [3.63, 3.8) is 0 Å². The molecule has 0 unspecified atom stereocenters. The predicted molar refractivity (Wildman–Crippen MR) is 139 cm³/mol. The summed E-state index contributed by atoms with van der Waals surface area (Å²) in [6.07, 6.45) is 4.44. The van der Waals surface area contributed by atoms with E-state index in [1.165, 1.54) is 0 Å². The summed E-state index contributed by atoms with van der Waals surface area (Å²) >= 11 is 5.75. The summed E-state index contributed by atoms with van der Waals surface area (Å²) in [6.45, 7) is 1.26. The average Bonchev–Trinajstić information content (AvgIpc) is 3.60. The van der Waals surface area contributed by atoms with Crippen LogP contribution in [0.5, 0.6) is 28.7 Å². The Hall–Kier alpha value is -3.40. The minimum Gasteiger partial charge on any atom is -0.493 e. The molecule has 1 heterocycles. The van der Waals surface area contributed by atoms with Crippen LogP contribution >= 0.6 is 12.2 Å². The molecule has 36 heavy (non-hydrogen) atoms. The molecule has 1 amide bonds. The molecule has 0 spiro atoms. The van der Waals surface area contributed by atoms with Crippen LogP contribution in [-0.4, -0.2) is 56.6 Å². The zero-order valence-electron chi connectivity index (χ0n) is 20.9. The second-order valence-corrected chi connectivity index (χ2v) is 9.11. The van der Waals surface area contributed by atoms with Gasteiger partial charge < -0.3 is 39.2 Å². The van der Waals surface area contributed by atoms with Gasteiger partial charge in [0.15, 0.2) is 28.1 Å². The molecule has 4 rings (SSSR count). The first-order valence-corrected chi connectivity index (χ1v) is 12.4. The molecule has 9 nitrogen and oxygen atoms in total. The number of thiocarbonyl (C=S) groups is 1. The maximum absolute atomic E-state index is 12.5. The Morgan fingerprint density at radius 2 is 1.67 bits per heavy atom. The molecule has 194 valence electrons. The summed E-state index contributed by atoms with van der Waals surface area (Å²) in [5.74, 6) is 3.02. The number of nitrogens with zero attached hydrogens (tertiary/aromatic N) is 1. The fourth-order valence-corrected chi connectivity index (χ4v) is 4.86. The lowest BCUT2D eigenvalue weighted by Crippen LogP contribution is -2.47. The number of methoxy groups -OCH3 is 3. The van der Waals surface area contributed by atoms with E-state index in [9.17, 15) is 4.79 Å². The van der Waals surface area contributed by atoms with E-state index in [2.05, 4.69) is 15.5 Å². The van der Waals surface area contributed by atoms with Crippen molar-refractivity contribution >= 4 is 23.2 Å². The molecule has 0 radical (unpaired) electrons. The summed E-state index contributed by atoms with van der Waals surface area (Å²) in [5.41, 5.74) is 1.91. The van der Waals surface area contributed by atoms with Gasteiger partial charge in [0.2, 0.25) is 18.4 Å². The third-order valence-corrected chi connectivity index (χ3v) is 6.81. The van der Waals surface area contributed by atoms with Gasteiger partial charge in [0.25, 0.3) is 0 Å². The van der Waals surface area contributed by atoms with Gasteiger partial charge in [-0.25, -0.2) is 0 Å². The van der Waals surface area contributed by atoms with Crippen LogP contribution in [0.4, 0.5) is 0 Å². The lowest BCUT2D eigenvalue weighted by Gasteiger charge is -2.32. The summed E-state index contributed by atoms with van der Waals surface area (Å²) in [6, 6.07) is 9.81. The Morgan fingerprint density at radius 1 is 0.972 bits per heavy atom. The van der Waals surface area contributed by atoms with E-state index >= 15 is 0 Å². The summed E-state index contributed by atoms with van der Waals surface area (Å²) in [4.78, 5) is 14.7. The first-order chi connectivity index (χ1) is 17.5. The van der Waals surface area contributed by atoms with Crippen LogP contribution in [0.2, 0.25) is 0 Å². The summed E-state index contributed by atoms with van der Waals surface area (Å²) < 4.78 is 27.2. The molecule has 2 N–H and O–H groups in total. The molecule has 2 aromatic carbocycles. The van der Waals surface area contributed by atoms with Gasteiger partial charge in [-0.2, -0.15) is 0 Å². The minimum atomic E-state index is -0.144. The second-order valence-electron chi connectivity index (χ2n) is 8.72. The van der Waals surface area contributed by atoms with Gasteiger partial charge in [0, 0.05) is 19.1 Å². The van der Waals surface area contributed by atoms with Gasteiger partial charge >= 0.3 is 0 Å². The van der Waals surface area contributed by atoms with Crippen molar-refractivity contribution in [2.45, 2.75) is 44.8 Å². The number of ether oxygens (including phenoxy) is 5. The van der Waals surface area contributed by atoms with Crippen molar-refractivity contribution < 1.29 is 28.5 Å². The van der Waals surface area contributed by atoms with E-state index in [0.29, 0.717) is 47.2 Å². The van der Waals surface area contributed by atoms with Gasteiger partial charge in [-0.05, 0) is 60.5 Å². The molecule has 0 bridgehead atoms. The Bertz CT molecular complexity index is 1060. The minimum absolute atomic E-state index is 0.0852. The van der Waals surface area contributed by atoms with Crippen LogP contribution in [0.15, 0.2) is 30.3 Å². The first kappa shape index (κ1) is 25.7. The highest BCUT2D eigenvalue weighted by Gasteiger charge is 2.26. The van der Waals surface area contributed by atoms with Crippen molar-refractivity contribution in [2.75, 3.05) is 34.7 Å². The monoisotopic (exact) mass is 515 g/mol. The zero-order valence-corrected chi connectivity index (χ0v) is 21.7. The van der Waals surface area contributed by atoms with E-state index < -0.39 is 0 Å². The predicted octanol–water partition coefficient (Wildman–Crippen LogP) is 3.38. The Kier molecular flexibility index (Phi) is 8.58. The smallest absolute Gasteiger partial charge is 0.239 e. The van der Waals surface area contributed by atoms with Crippen molar-refractivity contribution in [1.29, 1.82) is 0 Å². The van der Waals surface area contributed by atoms with Gasteiger partial charge in [-0.1, -0.05) is 18.9 Å². The standard InChI is InChI=1S/C26H33N3O6S/c1-31-22-11-18(12-23(32-2)25(22)33-3)15-29(19-6-4-5-7-19)26(36)28-14-24(30)27-13-17-8-9-20-21(10-17)35-16-34-20/h8-12,19H,4-7,13-16H2,1-3H3,(H,27,30)(H,28,36). The number of nitrogens with one attached hydrogen (secondary N) is 2. The highest BCUT2D eigenvalue weighted by Crippen LogP contribution is 2.39. The molecule has 2 aromatic rings. The average molecular weight is 516 g/mol. The van der Waals surface area contributed by atoms with Crippen LogP contribution in [0.1, 0.15) is 36.8 Å².